The van der Waals surface area contributed by atoms with E-state index in [0.29, 0.717) is 23.4 Å². The molecular formula is C25H25F3N4O2S. The van der Waals surface area contributed by atoms with Crippen molar-refractivity contribution in [1.29, 1.82) is 0 Å². The smallest absolute Gasteiger partial charge is 0.274 e. The zero-order chi connectivity index (χ0) is 25.3. The zero-order valence-corrected chi connectivity index (χ0v) is 20.0. The lowest BCUT2D eigenvalue weighted by Crippen LogP contribution is -2.44. The summed E-state index contributed by atoms with van der Waals surface area (Å²) < 4.78 is 43.7. The molecule has 2 aromatic heterocycles. The quantitative estimate of drug-likeness (QED) is 0.436. The number of thioether (sulfide) groups is 1. The fraction of sp³-hybridized carbons (Fsp3) is 0.320. The van der Waals surface area contributed by atoms with Gasteiger partial charge in [-0.3, -0.25) is 9.78 Å². The molecule has 1 fully saturated rings. The number of carbonyl (C=O) groups is 1. The zero-order valence-electron chi connectivity index (χ0n) is 19.1. The minimum atomic E-state index is -0.974. The number of hydrogen-bond donors (Lipinski definition) is 3. The molecule has 0 spiro atoms. The van der Waals surface area contributed by atoms with Gasteiger partial charge in [0.2, 0.25) is 0 Å². The molecule has 184 valence electrons. The standard InChI is InChI=1S/C25H25F3N4O2S/c1-12-7-13(8-19(29)24(12)33)15-5-6-30-11-21(15)32-25(34)20-4-3-16(26)23(31-20)22-17(27)9-14(35-2)10-18(22)28/h3-6,9-13,19,24,33H,7-8,29H2,1-2H3,(H,32,34). The predicted molar refractivity (Wildman–Crippen MR) is 129 cm³/mol. The minimum Gasteiger partial charge on any atom is -0.391 e. The average molecular weight is 503 g/mol. The van der Waals surface area contributed by atoms with Crippen LogP contribution in [-0.2, 0) is 0 Å². The lowest BCUT2D eigenvalue weighted by molar-refractivity contribution is 0.0521. The molecule has 0 aliphatic heterocycles. The van der Waals surface area contributed by atoms with E-state index in [0.717, 1.165) is 41.6 Å². The molecule has 0 radical (unpaired) electrons. The number of aromatic nitrogens is 2. The maximum Gasteiger partial charge on any atom is 0.274 e. The van der Waals surface area contributed by atoms with Gasteiger partial charge in [0, 0.05) is 17.1 Å². The number of nitrogens with one attached hydrogen (secondary N) is 1. The summed E-state index contributed by atoms with van der Waals surface area (Å²) in [5.74, 6) is -3.63. The van der Waals surface area contributed by atoms with Crippen LogP contribution in [0.3, 0.4) is 0 Å². The Morgan fingerprint density at radius 3 is 2.51 bits per heavy atom. The molecule has 3 aromatic rings. The largest absolute Gasteiger partial charge is 0.391 e. The molecule has 35 heavy (non-hydrogen) atoms. The maximum absolute atomic E-state index is 14.6. The van der Waals surface area contributed by atoms with Crippen LogP contribution in [-0.4, -0.2) is 39.4 Å². The van der Waals surface area contributed by atoms with E-state index in [4.69, 9.17) is 5.73 Å². The highest BCUT2D eigenvalue weighted by atomic mass is 32.2. The lowest BCUT2D eigenvalue weighted by atomic mass is 9.74. The van der Waals surface area contributed by atoms with Gasteiger partial charge < -0.3 is 16.2 Å². The normalized spacial score (nSPS) is 22.1. The van der Waals surface area contributed by atoms with Crippen molar-refractivity contribution in [3.05, 3.63) is 71.4 Å². The monoisotopic (exact) mass is 502 g/mol. The van der Waals surface area contributed by atoms with Crippen LogP contribution in [0.1, 0.15) is 41.7 Å². The molecule has 4 N–H and O–H groups in total. The Hall–Kier alpha value is -2.95. The molecule has 4 unspecified atom stereocenters. The van der Waals surface area contributed by atoms with Gasteiger partial charge in [-0.25, -0.2) is 18.2 Å². The fourth-order valence-electron chi connectivity index (χ4n) is 4.52. The topological polar surface area (TPSA) is 101 Å². The van der Waals surface area contributed by atoms with E-state index in [1.807, 2.05) is 6.92 Å². The number of halogens is 3. The SMILES string of the molecule is CSc1cc(F)c(-c2nc(C(=O)Nc3cnccc3C3CC(C)C(O)C(N)C3)ccc2F)c(F)c1. The van der Waals surface area contributed by atoms with Crippen molar-refractivity contribution < 1.29 is 23.1 Å². The fourth-order valence-corrected chi connectivity index (χ4v) is 4.96. The van der Waals surface area contributed by atoms with Crippen LogP contribution in [0.4, 0.5) is 18.9 Å². The van der Waals surface area contributed by atoms with E-state index in [-0.39, 0.29) is 17.5 Å². The summed E-state index contributed by atoms with van der Waals surface area (Å²) in [5.41, 5.74) is 5.89. The van der Waals surface area contributed by atoms with Crippen molar-refractivity contribution >= 4 is 23.4 Å². The average Bonchev–Trinajstić information content (AvgIpc) is 2.83. The predicted octanol–water partition coefficient (Wildman–Crippen LogP) is 4.74. The Labute approximate surface area is 205 Å². The van der Waals surface area contributed by atoms with Crippen molar-refractivity contribution in [1.82, 2.24) is 9.97 Å². The highest BCUT2D eigenvalue weighted by Gasteiger charge is 2.34. The number of hydrogen-bond acceptors (Lipinski definition) is 6. The summed E-state index contributed by atoms with van der Waals surface area (Å²) in [4.78, 5) is 21.4. The van der Waals surface area contributed by atoms with Crippen molar-refractivity contribution in [3.63, 3.8) is 0 Å². The number of rotatable bonds is 5. The Bertz CT molecular complexity index is 1220. The van der Waals surface area contributed by atoms with E-state index in [1.54, 1.807) is 18.5 Å². The van der Waals surface area contributed by atoms with Gasteiger partial charge in [-0.1, -0.05) is 6.92 Å². The van der Waals surface area contributed by atoms with Crippen LogP contribution in [0.2, 0.25) is 0 Å². The van der Waals surface area contributed by atoms with E-state index in [9.17, 15) is 23.1 Å². The number of carbonyl (C=O) groups excluding carboxylic acids is 1. The van der Waals surface area contributed by atoms with Crippen LogP contribution < -0.4 is 11.1 Å². The summed E-state index contributed by atoms with van der Waals surface area (Å²) in [6.45, 7) is 1.92. The second kappa shape index (κ2) is 10.3. The molecule has 0 bridgehead atoms. The molecule has 1 aliphatic carbocycles. The number of aliphatic hydroxyl groups is 1. The number of benzene rings is 1. The third kappa shape index (κ3) is 5.19. The molecule has 1 aliphatic rings. The molecule has 0 saturated heterocycles. The molecule has 4 atom stereocenters. The van der Waals surface area contributed by atoms with Gasteiger partial charge >= 0.3 is 0 Å². The van der Waals surface area contributed by atoms with Gasteiger partial charge in [0.25, 0.3) is 5.91 Å². The number of anilines is 1. The molecule has 4 rings (SSSR count). The highest BCUT2D eigenvalue weighted by molar-refractivity contribution is 7.98. The number of amides is 1. The van der Waals surface area contributed by atoms with Gasteiger partial charge in [-0.15, -0.1) is 11.8 Å². The second-order valence-corrected chi connectivity index (χ2v) is 9.59. The molecule has 1 saturated carbocycles. The van der Waals surface area contributed by atoms with Crippen LogP contribution in [0.5, 0.6) is 0 Å². The summed E-state index contributed by atoms with van der Waals surface area (Å²) in [7, 11) is 0. The minimum absolute atomic E-state index is 0.0171. The molecule has 6 nitrogen and oxygen atoms in total. The van der Waals surface area contributed by atoms with Crippen LogP contribution >= 0.6 is 11.8 Å². The van der Waals surface area contributed by atoms with E-state index in [2.05, 4.69) is 15.3 Å². The third-order valence-electron chi connectivity index (χ3n) is 6.34. The van der Waals surface area contributed by atoms with Crippen molar-refractivity contribution in [2.75, 3.05) is 11.6 Å². The summed E-state index contributed by atoms with van der Waals surface area (Å²) >= 11 is 1.14. The molecular weight excluding hydrogens is 477 g/mol. The third-order valence-corrected chi connectivity index (χ3v) is 7.05. The first kappa shape index (κ1) is 25.2. The molecule has 1 amide bonds. The van der Waals surface area contributed by atoms with E-state index >= 15 is 0 Å². The summed E-state index contributed by atoms with van der Waals surface area (Å²) in [5, 5.41) is 12.9. The van der Waals surface area contributed by atoms with Crippen LogP contribution in [0.15, 0.2) is 47.6 Å². The van der Waals surface area contributed by atoms with E-state index < -0.39 is 46.8 Å². The van der Waals surface area contributed by atoms with Crippen LogP contribution in [0.25, 0.3) is 11.3 Å². The number of aliphatic hydroxyl groups excluding tert-OH is 1. The maximum atomic E-state index is 14.6. The Balaban J connectivity index is 1.64. The Morgan fingerprint density at radius 1 is 1.14 bits per heavy atom. The highest BCUT2D eigenvalue weighted by Crippen LogP contribution is 2.38. The summed E-state index contributed by atoms with van der Waals surface area (Å²) in [6.07, 6.45) is 5.35. The first-order valence-corrected chi connectivity index (χ1v) is 12.3. The number of nitrogens with two attached hydrogens (primary N) is 1. The number of nitrogens with zero attached hydrogens (tertiary/aromatic N) is 2. The first-order chi connectivity index (χ1) is 16.7. The first-order valence-electron chi connectivity index (χ1n) is 11.1. The van der Waals surface area contributed by atoms with Crippen molar-refractivity contribution in [3.8, 4) is 11.3 Å². The van der Waals surface area contributed by atoms with Crippen molar-refractivity contribution in [2.24, 2.45) is 11.7 Å². The van der Waals surface area contributed by atoms with Gasteiger partial charge in [0.15, 0.2) is 0 Å². The summed E-state index contributed by atoms with van der Waals surface area (Å²) in [6, 6.07) is 5.65. The van der Waals surface area contributed by atoms with Gasteiger partial charge in [0.1, 0.15) is 28.8 Å². The van der Waals surface area contributed by atoms with Gasteiger partial charge in [0.05, 0.1) is 23.6 Å². The van der Waals surface area contributed by atoms with E-state index in [1.165, 1.54) is 6.20 Å². The van der Waals surface area contributed by atoms with Crippen LogP contribution in [0, 0.1) is 23.4 Å². The Kier molecular flexibility index (Phi) is 7.44. The van der Waals surface area contributed by atoms with Gasteiger partial charge in [-0.05, 0) is 66.8 Å². The Morgan fingerprint density at radius 2 is 1.86 bits per heavy atom. The molecule has 1 aromatic carbocycles. The second-order valence-electron chi connectivity index (χ2n) is 8.71. The van der Waals surface area contributed by atoms with Gasteiger partial charge in [-0.2, -0.15) is 0 Å². The molecule has 2 heterocycles. The molecule has 10 heteroatoms. The number of pyridine rings is 2. The lowest BCUT2D eigenvalue weighted by Gasteiger charge is -2.36. The van der Waals surface area contributed by atoms with Crippen molar-refractivity contribution in [2.45, 2.75) is 42.7 Å².